The molecule has 10 nitrogen and oxygen atoms in total. The molecule has 0 aromatic heterocycles. The summed E-state index contributed by atoms with van der Waals surface area (Å²) in [4.78, 5) is 16.5. The first kappa shape index (κ1) is 30.7. The minimum Gasteiger partial charge on any atom is -0.412 e. The average molecular weight is 297 g/mol. The molecule has 0 aliphatic heterocycles. The maximum Gasteiger partial charge on any atom is 2.00 e. The van der Waals surface area contributed by atoms with E-state index in [4.69, 9.17) is 30.6 Å². The third-order valence-corrected chi connectivity index (χ3v) is 0. The van der Waals surface area contributed by atoms with Crippen molar-refractivity contribution < 1.29 is 21.1 Å². The molecule has 0 saturated carbocycles. The predicted octanol–water partition coefficient (Wildman–Crippen LogP) is -2.51. The van der Waals surface area contributed by atoms with Gasteiger partial charge in [-0.2, -0.15) is 0 Å². The van der Waals surface area contributed by atoms with E-state index in [-0.39, 0.29) is 59.8 Å². The quantitative estimate of drug-likeness (QED) is 0.268. The topological polar surface area (TPSA) is 195 Å². The van der Waals surface area contributed by atoms with Crippen LogP contribution < -0.4 is 0 Å². The van der Waals surface area contributed by atoms with Crippen molar-refractivity contribution in [3.63, 3.8) is 0 Å². The van der Waals surface area contributed by atoms with Crippen molar-refractivity contribution >= 4 is 48.9 Å². The third-order valence-electron chi connectivity index (χ3n) is 0. The maximum absolute atomic E-state index is 8.25. The van der Waals surface area contributed by atoms with Crippen LogP contribution in [0.3, 0.4) is 0 Å². The Morgan fingerprint density at radius 2 is 0.727 bits per heavy atom. The summed E-state index contributed by atoms with van der Waals surface area (Å²) < 4.78 is 0. The molecule has 0 aromatic rings. The van der Waals surface area contributed by atoms with Gasteiger partial charge in [0, 0.05) is 0 Å². The Kier molecular flexibility index (Phi) is 62.9. The van der Waals surface area contributed by atoms with Crippen LogP contribution in [0.2, 0.25) is 0 Å². The first-order chi connectivity index (χ1) is 3.46. The van der Waals surface area contributed by atoms with Gasteiger partial charge < -0.3 is 41.6 Å². The standard InChI is InChI=1S/Ba.2NO3.2H2O/c;2*2-1(3)4;;/h;;;2*1H2/q+2;2*-1;;. The van der Waals surface area contributed by atoms with Gasteiger partial charge in [-0.25, -0.2) is 0 Å². The summed E-state index contributed by atoms with van der Waals surface area (Å²) in [6.45, 7) is 0. The zero-order valence-electron chi connectivity index (χ0n) is 5.05. The van der Waals surface area contributed by atoms with Crippen molar-refractivity contribution in [1.29, 1.82) is 0 Å². The predicted molar refractivity (Wildman–Crippen MR) is 33.7 cm³/mol. The van der Waals surface area contributed by atoms with Gasteiger partial charge in [0.2, 0.25) is 0 Å². The summed E-state index contributed by atoms with van der Waals surface area (Å²) in [5.41, 5.74) is 0. The van der Waals surface area contributed by atoms with Crippen LogP contribution in [-0.4, -0.2) is 70.0 Å². The van der Waals surface area contributed by atoms with Gasteiger partial charge in [0.25, 0.3) is 0 Å². The molecule has 0 bridgehead atoms. The molecule has 0 unspecified atom stereocenters. The number of nitrogens with zero attached hydrogens (tertiary/aromatic N) is 2. The summed E-state index contributed by atoms with van der Waals surface area (Å²) in [5.74, 6) is 0. The SMILES string of the molecule is O.O.O=[N+]([O-])[O-].O=[N+]([O-])[O-].[Ba+2]. The summed E-state index contributed by atoms with van der Waals surface area (Å²) in [6.07, 6.45) is 0. The van der Waals surface area contributed by atoms with Crippen molar-refractivity contribution in [3.8, 4) is 0 Å². The van der Waals surface area contributed by atoms with Crippen LogP contribution in [0.15, 0.2) is 0 Å². The van der Waals surface area contributed by atoms with E-state index in [0.717, 1.165) is 0 Å². The Bertz CT molecular complexity index is 70.1. The average Bonchev–Trinajstić information content (AvgIpc) is 1.25. The Morgan fingerprint density at radius 3 is 0.727 bits per heavy atom. The fraction of sp³-hybridized carbons (Fsp3) is 0. The van der Waals surface area contributed by atoms with E-state index in [9.17, 15) is 0 Å². The first-order valence-corrected chi connectivity index (χ1v) is 1.10. The van der Waals surface area contributed by atoms with Gasteiger partial charge in [-0.15, -0.1) is 0 Å². The van der Waals surface area contributed by atoms with Crippen molar-refractivity contribution in [2.24, 2.45) is 0 Å². The van der Waals surface area contributed by atoms with Crippen LogP contribution in [-0.2, 0) is 0 Å². The molecule has 0 amide bonds. The van der Waals surface area contributed by atoms with Crippen molar-refractivity contribution in [2.75, 3.05) is 0 Å². The molecule has 0 atom stereocenters. The molecule has 0 rings (SSSR count). The smallest absolute Gasteiger partial charge is 0.412 e. The fourth-order valence-electron chi connectivity index (χ4n) is 0. The Morgan fingerprint density at radius 1 is 0.727 bits per heavy atom. The zero-order chi connectivity index (χ0) is 7.15. The summed E-state index contributed by atoms with van der Waals surface area (Å²) in [5, 5.41) is 29.5. The van der Waals surface area contributed by atoms with Gasteiger partial charge in [0.05, 0.1) is 10.2 Å². The van der Waals surface area contributed by atoms with E-state index < -0.39 is 10.2 Å². The van der Waals surface area contributed by atoms with Gasteiger partial charge >= 0.3 is 48.9 Å². The van der Waals surface area contributed by atoms with E-state index in [2.05, 4.69) is 0 Å². The van der Waals surface area contributed by atoms with Gasteiger partial charge in [-0.1, -0.05) is 0 Å². The normalized spacial score (nSPS) is 4.36. The van der Waals surface area contributed by atoms with E-state index in [0.29, 0.717) is 0 Å². The maximum atomic E-state index is 8.25. The van der Waals surface area contributed by atoms with Crippen LogP contribution in [0, 0.1) is 30.6 Å². The van der Waals surface area contributed by atoms with E-state index in [1.807, 2.05) is 0 Å². The van der Waals surface area contributed by atoms with Crippen molar-refractivity contribution in [2.45, 2.75) is 0 Å². The zero-order valence-corrected chi connectivity index (χ0v) is 9.49. The third kappa shape index (κ3) is 52300. The molecule has 0 aliphatic rings. The van der Waals surface area contributed by atoms with Crippen LogP contribution >= 0.6 is 0 Å². The summed E-state index contributed by atoms with van der Waals surface area (Å²) in [7, 11) is 0. The molecule has 11 heavy (non-hydrogen) atoms. The van der Waals surface area contributed by atoms with Gasteiger partial charge in [-0.05, 0) is 0 Å². The van der Waals surface area contributed by atoms with Crippen LogP contribution in [0.25, 0.3) is 0 Å². The van der Waals surface area contributed by atoms with Crippen molar-refractivity contribution in [3.05, 3.63) is 30.6 Å². The number of rotatable bonds is 0. The molecule has 0 saturated heterocycles. The number of hydrogen-bond donors (Lipinski definition) is 0. The van der Waals surface area contributed by atoms with Gasteiger partial charge in [0.1, 0.15) is 0 Å². The number of hydrogen-bond acceptors (Lipinski definition) is 6. The molecule has 0 radical (unpaired) electrons. The van der Waals surface area contributed by atoms with E-state index in [1.165, 1.54) is 0 Å². The molecule has 4 N–H and O–H groups in total. The molecule has 0 heterocycles. The van der Waals surface area contributed by atoms with Crippen LogP contribution in [0.5, 0.6) is 0 Å². The molecule has 0 fully saturated rings. The molecule has 0 aromatic carbocycles. The molecular formula is H4BaN2O8. The Balaban J connectivity index is -0.0000000171. The van der Waals surface area contributed by atoms with Gasteiger partial charge in [0.15, 0.2) is 0 Å². The molecule has 64 valence electrons. The van der Waals surface area contributed by atoms with Gasteiger partial charge in [-0.3, -0.25) is 0 Å². The molecule has 0 spiro atoms. The molecule has 0 aliphatic carbocycles. The summed E-state index contributed by atoms with van der Waals surface area (Å²) >= 11 is 0. The van der Waals surface area contributed by atoms with E-state index >= 15 is 0 Å². The Hall–Kier alpha value is -0.109. The second kappa shape index (κ2) is 22.5. The van der Waals surface area contributed by atoms with E-state index in [1.54, 1.807) is 0 Å². The van der Waals surface area contributed by atoms with Crippen molar-refractivity contribution in [1.82, 2.24) is 0 Å². The fourth-order valence-corrected chi connectivity index (χ4v) is 0. The Labute approximate surface area is 99.7 Å². The molecule has 11 heteroatoms. The molecular weight excluding hydrogens is 293 g/mol. The largest absolute Gasteiger partial charge is 2.00 e. The van der Waals surface area contributed by atoms with Crippen LogP contribution in [0.1, 0.15) is 0 Å². The van der Waals surface area contributed by atoms with Crippen LogP contribution in [0.4, 0.5) is 0 Å². The second-order valence-electron chi connectivity index (χ2n) is 0.447. The first-order valence-electron chi connectivity index (χ1n) is 1.10. The minimum atomic E-state index is -1.75. The second-order valence-corrected chi connectivity index (χ2v) is 0.447. The summed E-state index contributed by atoms with van der Waals surface area (Å²) in [6, 6.07) is 0. The minimum absolute atomic E-state index is 0. The monoisotopic (exact) mass is 298 g/mol.